The quantitative estimate of drug-likeness (QED) is 0.386. The van der Waals surface area contributed by atoms with E-state index in [0.717, 1.165) is 10.9 Å². The molecule has 2 heterocycles. The van der Waals surface area contributed by atoms with Crippen LogP contribution in [-0.4, -0.2) is 34.1 Å². The first-order valence-electron chi connectivity index (χ1n) is 10.9. The summed E-state index contributed by atoms with van der Waals surface area (Å²) in [4.78, 5) is 26.0. The Morgan fingerprint density at radius 2 is 1.77 bits per heavy atom. The molecule has 1 aliphatic rings. The standard InChI is InChI=1S/C21H18FN3O2.C7H7.Y/c1-21(2)11-25(12-21)20(27)16-9-13(7-8-17(16)22)10-18-14-5-3-4-6-15(14)19(26)24-23-18;1-7-5-3-2-4-6-7;/h3-9H,1-2,10-12H2,(H,24,26);3-6H,1H3;/q-2;-1;+3. The van der Waals surface area contributed by atoms with Crippen LogP contribution in [0.4, 0.5) is 4.39 Å². The predicted octanol–water partition coefficient (Wildman–Crippen LogP) is 4.56. The molecule has 1 aliphatic heterocycles. The van der Waals surface area contributed by atoms with Crippen molar-refractivity contribution in [2.24, 2.45) is 5.41 Å². The van der Waals surface area contributed by atoms with Gasteiger partial charge in [-0.25, -0.2) is 9.49 Å². The number of aromatic amines is 1. The Morgan fingerprint density at radius 1 is 1.11 bits per heavy atom. The summed E-state index contributed by atoms with van der Waals surface area (Å²) in [6, 6.07) is 22.4. The Labute approximate surface area is 229 Å². The molecule has 1 saturated heterocycles. The number of nitrogens with zero attached hydrogens (tertiary/aromatic N) is 2. The van der Waals surface area contributed by atoms with Gasteiger partial charge in [-0.15, -0.1) is 0 Å². The number of H-pyrrole nitrogens is 1. The van der Waals surface area contributed by atoms with Crippen LogP contribution in [0.2, 0.25) is 0 Å². The van der Waals surface area contributed by atoms with Gasteiger partial charge in [0.25, 0.3) is 11.5 Å². The van der Waals surface area contributed by atoms with Gasteiger partial charge < -0.3 is 18.7 Å². The van der Waals surface area contributed by atoms with Gasteiger partial charge in [0.05, 0.1) is 16.6 Å². The van der Waals surface area contributed by atoms with Gasteiger partial charge in [0, 0.05) is 11.8 Å². The minimum atomic E-state index is -0.561. The monoisotopic (exact) mass is 543 g/mol. The van der Waals surface area contributed by atoms with Gasteiger partial charge >= 0.3 is 32.7 Å². The number of nitrogens with one attached hydrogen (secondary N) is 1. The topological polar surface area (TPSA) is 66.1 Å². The first kappa shape index (κ1) is 26.9. The Kier molecular flexibility index (Phi) is 8.73. The summed E-state index contributed by atoms with van der Waals surface area (Å²) in [6.45, 7) is 10.7. The second-order valence-electron chi connectivity index (χ2n) is 8.77. The fourth-order valence-corrected chi connectivity index (χ4v) is 3.89. The number of amides is 1. The van der Waals surface area contributed by atoms with Crippen molar-refractivity contribution < 1.29 is 41.9 Å². The molecule has 0 bridgehead atoms. The second kappa shape index (κ2) is 11.4. The summed E-state index contributed by atoms with van der Waals surface area (Å²) < 4.78 is 14.2. The van der Waals surface area contributed by atoms with Crippen LogP contribution in [0.1, 0.15) is 27.2 Å². The van der Waals surface area contributed by atoms with Crippen molar-refractivity contribution in [3.8, 4) is 0 Å². The van der Waals surface area contributed by atoms with Crippen LogP contribution in [-0.2, 0) is 39.1 Å². The molecule has 1 fully saturated rings. The number of aromatic nitrogens is 2. The molecule has 0 atom stereocenters. The van der Waals surface area contributed by atoms with Crippen molar-refractivity contribution in [2.45, 2.75) is 13.3 Å². The number of fused-ring (bicyclic) bond motifs is 1. The third-order valence-corrected chi connectivity index (χ3v) is 5.63. The van der Waals surface area contributed by atoms with E-state index in [1.807, 2.05) is 36.4 Å². The number of carbonyl (C=O) groups excluding carboxylic acids is 1. The molecule has 4 aromatic rings. The number of likely N-dealkylation sites (tertiary alicyclic amines) is 1. The average Bonchev–Trinajstić information content (AvgIpc) is 2.81. The van der Waals surface area contributed by atoms with E-state index >= 15 is 0 Å². The van der Waals surface area contributed by atoms with Gasteiger partial charge in [-0.1, -0.05) is 31.2 Å². The normalized spacial score (nSPS) is 13.8. The molecule has 35 heavy (non-hydrogen) atoms. The fourth-order valence-electron chi connectivity index (χ4n) is 3.89. The number of rotatable bonds is 3. The van der Waals surface area contributed by atoms with Crippen molar-refractivity contribution in [2.75, 3.05) is 13.1 Å². The molecule has 1 aromatic heterocycles. The smallest absolute Gasteiger partial charge is 0.363 e. The molecule has 1 N–H and O–H groups in total. The summed E-state index contributed by atoms with van der Waals surface area (Å²) in [7, 11) is 0. The minimum Gasteiger partial charge on any atom is -0.363 e. The Balaban J connectivity index is 0.000000370. The maximum Gasteiger partial charge on any atom is 3.00 e. The molecular weight excluding hydrogens is 518 g/mol. The fraction of sp³-hybridized carbons (Fsp3) is 0.179. The third kappa shape index (κ3) is 6.50. The molecule has 0 unspecified atom stereocenters. The van der Waals surface area contributed by atoms with E-state index in [0.29, 0.717) is 30.6 Å². The number of hydrogen-bond donors (Lipinski definition) is 1. The van der Waals surface area contributed by atoms with Gasteiger partial charge in [0.2, 0.25) is 0 Å². The summed E-state index contributed by atoms with van der Waals surface area (Å²) in [6.07, 6.45) is 0.368. The molecule has 0 spiro atoms. The molecule has 0 saturated carbocycles. The number of aryl methyl sites for hydroxylation is 1. The summed E-state index contributed by atoms with van der Waals surface area (Å²) in [5.74, 6) is -0.926. The Bertz CT molecular complexity index is 1380. The molecule has 174 valence electrons. The Morgan fingerprint density at radius 3 is 2.37 bits per heavy atom. The minimum absolute atomic E-state index is 0. The van der Waals surface area contributed by atoms with E-state index in [4.69, 9.17) is 0 Å². The van der Waals surface area contributed by atoms with Crippen molar-refractivity contribution in [1.82, 2.24) is 15.1 Å². The van der Waals surface area contributed by atoms with Crippen molar-refractivity contribution >= 4 is 16.7 Å². The number of halogens is 1. The van der Waals surface area contributed by atoms with E-state index in [9.17, 15) is 14.0 Å². The Hall–Kier alpha value is -2.70. The van der Waals surface area contributed by atoms with Crippen LogP contribution >= 0.6 is 0 Å². The molecule has 5 nitrogen and oxygen atoms in total. The van der Waals surface area contributed by atoms with E-state index in [-0.39, 0.29) is 49.7 Å². The molecule has 3 aromatic carbocycles. The van der Waals surface area contributed by atoms with E-state index in [1.165, 1.54) is 16.5 Å². The van der Waals surface area contributed by atoms with Gasteiger partial charge in [-0.2, -0.15) is 41.0 Å². The second-order valence-corrected chi connectivity index (χ2v) is 8.77. The van der Waals surface area contributed by atoms with E-state index < -0.39 is 11.2 Å². The van der Waals surface area contributed by atoms with E-state index in [2.05, 4.69) is 37.0 Å². The van der Waals surface area contributed by atoms with Crippen LogP contribution in [0, 0.1) is 38.1 Å². The molecule has 7 heteroatoms. The average molecular weight is 543 g/mol. The SMILES string of the molecule is Cc1cc[c-]cc1.[CH2-]C1([CH2-])CN(C(=O)c2cc(Cc3n[nH]c(=O)c4ccccc34)ccc2F)C1.[Y+3]. The summed E-state index contributed by atoms with van der Waals surface area (Å²) in [5.41, 5.74) is 2.04. The van der Waals surface area contributed by atoms with Crippen LogP contribution in [0.5, 0.6) is 0 Å². The van der Waals surface area contributed by atoms with Gasteiger partial charge in [0.15, 0.2) is 0 Å². The molecule has 5 rings (SSSR count). The van der Waals surface area contributed by atoms with Gasteiger partial charge in [0.1, 0.15) is 5.82 Å². The largest absolute Gasteiger partial charge is 3.00 e. The van der Waals surface area contributed by atoms with Crippen LogP contribution in [0.3, 0.4) is 0 Å². The maximum atomic E-state index is 14.2. The first-order chi connectivity index (χ1) is 16.2. The zero-order chi connectivity index (χ0) is 24.3. The van der Waals surface area contributed by atoms with Crippen LogP contribution in [0.25, 0.3) is 10.8 Å². The zero-order valence-corrected chi connectivity index (χ0v) is 22.4. The molecule has 0 radical (unpaired) electrons. The summed E-state index contributed by atoms with van der Waals surface area (Å²) in [5, 5.41) is 7.91. The van der Waals surface area contributed by atoms with Crippen molar-refractivity contribution in [3.63, 3.8) is 0 Å². The first-order valence-corrected chi connectivity index (χ1v) is 10.9. The molecule has 0 aliphatic carbocycles. The van der Waals surface area contributed by atoms with E-state index in [1.54, 1.807) is 24.3 Å². The van der Waals surface area contributed by atoms with Crippen molar-refractivity contribution in [1.29, 1.82) is 0 Å². The van der Waals surface area contributed by atoms with Gasteiger partial charge in [-0.05, 0) is 36.9 Å². The third-order valence-electron chi connectivity index (χ3n) is 5.63. The predicted molar refractivity (Wildman–Crippen MR) is 131 cm³/mol. The summed E-state index contributed by atoms with van der Waals surface area (Å²) >= 11 is 0. The number of benzene rings is 3. The molecule has 1 amide bonds. The number of hydrogen-bond acceptors (Lipinski definition) is 3. The van der Waals surface area contributed by atoms with Crippen LogP contribution < -0.4 is 5.56 Å². The van der Waals surface area contributed by atoms with Gasteiger partial charge in [-0.3, -0.25) is 15.0 Å². The van der Waals surface area contributed by atoms with Crippen molar-refractivity contribution in [3.05, 3.63) is 125 Å². The zero-order valence-electron chi connectivity index (χ0n) is 19.6. The molecular formula is C28H25FN3O2Y. The van der Waals surface area contributed by atoms with Crippen LogP contribution in [0.15, 0.2) is 71.5 Å². The maximum absolute atomic E-state index is 14.2. The number of carbonyl (C=O) groups is 1.